The van der Waals surface area contributed by atoms with Gasteiger partial charge in [-0.05, 0) is 31.6 Å². The van der Waals surface area contributed by atoms with E-state index in [0.717, 1.165) is 6.61 Å². The molecule has 0 aromatic heterocycles. The third-order valence-corrected chi connectivity index (χ3v) is 7.22. The standard InChI is InChI=1S/C23H49OP/c1-4-7-10-13-14-15-18-21-24-25(22-19-16-11-8-5-2)23-20-17-12-9-6-3/h4-23H2,1-3H3. The third kappa shape index (κ3) is 20.6. The first-order valence-electron chi connectivity index (χ1n) is 11.7. The molecule has 0 N–H and O–H groups in total. The molecule has 0 fully saturated rings. The molecule has 0 aliphatic rings. The van der Waals surface area contributed by atoms with Gasteiger partial charge in [0.1, 0.15) is 0 Å². The summed E-state index contributed by atoms with van der Waals surface area (Å²) in [7, 11) is -0.133. The van der Waals surface area contributed by atoms with E-state index < -0.39 is 0 Å². The lowest BCUT2D eigenvalue weighted by atomic mass is 10.1. The van der Waals surface area contributed by atoms with Gasteiger partial charge in [-0.15, -0.1) is 0 Å². The minimum atomic E-state index is -0.133. The summed E-state index contributed by atoms with van der Waals surface area (Å²) >= 11 is 0. The Morgan fingerprint density at radius 1 is 0.440 bits per heavy atom. The molecule has 0 saturated carbocycles. The summed E-state index contributed by atoms with van der Waals surface area (Å²) in [4.78, 5) is 0. The summed E-state index contributed by atoms with van der Waals surface area (Å²) in [6.07, 6.45) is 26.4. The summed E-state index contributed by atoms with van der Waals surface area (Å²) in [5.41, 5.74) is 0. The molecule has 0 amide bonds. The van der Waals surface area contributed by atoms with Crippen LogP contribution in [-0.4, -0.2) is 18.9 Å². The SMILES string of the molecule is CCCCCCCCCOP(CCCCCCC)CCCCCCC. The van der Waals surface area contributed by atoms with Crippen LogP contribution in [-0.2, 0) is 4.52 Å². The van der Waals surface area contributed by atoms with Crippen molar-refractivity contribution in [3.05, 3.63) is 0 Å². The highest BCUT2D eigenvalue weighted by Gasteiger charge is 2.09. The molecule has 0 aromatic carbocycles. The molecule has 0 unspecified atom stereocenters. The predicted octanol–water partition coefficient (Wildman–Crippen LogP) is 9.09. The van der Waals surface area contributed by atoms with Crippen LogP contribution in [0.5, 0.6) is 0 Å². The first-order valence-corrected chi connectivity index (χ1v) is 13.4. The largest absolute Gasteiger partial charge is 0.359 e. The Labute approximate surface area is 161 Å². The van der Waals surface area contributed by atoms with Crippen molar-refractivity contribution in [1.29, 1.82) is 0 Å². The van der Waals surface area contributed by atoms with Crippen LogP contribution in [0.25, 0.3) is 0 Å². The zero-order valence-corrected chi connectivity index (χ0v) is 18.9. The maximum Gasteiger partial charge on any atom is 0.0508 e. The van der Waals surface area contributed by atoms with E-state index >= 15 is 0 Å². The zero-order valence-electron chi connectivity index (χ0n) is 18.0. The Balaban J connectivity index is 3.71. The summed E-state index contributed by atoms with van der Waals surface area (Å²) in [5.74, 6) is 0. The van der Waals surface area contributed by atoms with E-state index in [2.05, 4.69) is 20.8 Å². The molecule has 0 aliphatic carbocycles. The topological polar surface area (TPSA) is 9.23 Å². The fourth-order valence-electron chi connectivity index (χ4n) is 3.28. The van der Waals surface area contributed by atoms with Crippen molar-refractivity contribution in [1.82, 2.24) is 0 Å². The molecular formula is C23H49OP. The fourth-order valence-corrected chi connectivity index (χ4v) is 5.30. The number of hydrogen-bond donors (Lipinski definition) is 0. The molecule has 0 aromatic rings. The van der Waals surface area contributed by atoms with Crippen molar-refractivity contribution < 1.29 is 4.52 Å². The van der Waals surface area contributed by atoms with Gasteiger partial charge in [0.25, 0.3) is 0 Å². The normalized spacial score (nSPS) is 11.5. The van der Waals surface area contributed by atoms with E-state index in [1.165, 1.54) is 121 Å². The van der Waals surface area contributed by atoms with Crippen molar-refractivity contribution in [3.63, 3.8) is 0 Å². The van der Waals surface area contributed by atoms with Crippen LogP contribution in [0.2, 0.25) is 0 Å². The second-order valence-electron chi connectivity index (χ2n) is 7.71. The maximum atomic E-state index is 6.35. The molecule has 152 valence electrons. The Morgan fingerprint density at radius 2 is 0.800 bits per heavy atom. The first kappa shape index (κ1) is 25.4. The van der Waals surface area contributed by atoms with Crippen LogP contribution in [0.3, 0.4) is 0 Å². The van der Waals surface area contributed by atoms with Gasteiger partial charge < -0.3 is 4.52 Å². The van der Waals surface area contributed by atoms with Gasteiger partial charge in [-0.25, -0.2) is 0 Å². The zero-order chi connectivity index (χ0) is 18.4. The smallest absolute Gasteiger partial charge is 0.0508 e. The van der Waals surface area contributed by atoms with Gasteiger partial charge >= 0.3 is 0 Å². The molecule has 0 aliphatic heterocycles. The van der Waals surface area contributed by atoms with Crippen LogP contribution >= 0.6 is 8.15 Å². The van der Waals surface area contributed by atoms with Crippen LogP contribution < -0.4 is 0 Å². The van der Waals surface area contributed by atoms with Gasteiger partial charge in [0, 0.05) is 8.15 Å². The molecule has 0 heterocycles. The summed E-state index contributed by atoms with van der Waals surface area (Å²) in [6, 6.07) is 0. The lowest BCUT2D eigenvalue weighted by molar-refractivity contribution is 0.333. The molecule has 1 nitrogen and oxygen atoms in total. The van der Waals surface area contributed by atoms with Crippen molar-refractivity contribution in [2.45, 2.75) is 130 Å². The Morgan fingerprint density at radius 3 is 1.24 bits per heavy atom. The lowest BCUT2D eigenvalue weighted by Gasteiger charge is -2.18. The average Bonchev–Trinajstić information content (AvgIpc) is 2.62. The second kappa shape index (κ2) is 22.4. The third-order valence-electron chi connectivity index (χ3n) is 5.04. The first-order chi connectivity index (χ1) is 12.3. The number of hydrogen-bond acceptors (Lipinski definition) is 1. The highest BCUT2D eigenvalue weighted by atomic mass is 31.1. The van der Waals surface area contributed by atoms with E-state index in [4.69, 9.17) is 4.52 Å². The lowest BCUT2D eigenvalue weighted by Crippen LogP contribution is -1.98. The Hall–Kier alpha value is 0.390. The molecule has 0 atom stereocenters. The van der Waals surface area contributed by atoms with E-state index in [1.54, 1.807) is 0 Å². The fraction of sp³-hybridized carbons (Fsp3) is 1.00. The highest BCUT2D eigenvalue weighted by Crippen LogP contribution is 2.39. The summed E-state index contributed by atoms with van der Waals surface area (Å²) < 4.78 is 6.35. The Bertz CT molecular complexity index is 218. The molecule has 0 bridgehead atoms. The van der Waals surface area contributed by atoms with Crippen molar-refractivity contribution >= 4 is 8.15 Å². The molecular weight excluding hydrogens is 323 g/mol. The predicted molar refractivity (Wildman–Crippen MR) is 118 cm³/mol. The Kier molecular flexibility index (Phi) is 22.8. The van der Waals surface area contributed by atoms with Crippen molar-refractivity contribution in [2.24, 2.45) is 0 Å². The minimum Gasteiger partial charge on any atom is -0.359 e. The van der Waals surface area contributed by atoms with E-state index in [0.29, 0.717) is 0 Å². The number of unbranched alkanes of at least 4 members (excludes halogenated alkanes) is 14. The molecule has 0 rings (SSSR count). The van der Waals surface area contributed by atoms with Gasteiger partial charge in [0.15, 0.2) is 0 Å². The van der Waals surface area contributed by atoms with Crippen LogP contribution in [0.15, 0.2) is 0 Å². The van der Waals surface area contributed by atoms with Crippen molar-refractivity contribution in [2.75, 3.05) is 18.9 Å². The number of rotatable bonds is 21. The summed E-state index contributed by atoms with van der Waals surface area (Å²) in [6.45, 7) is 7.92. The quantitative estimate of drug-likeness (QED) is 0.144. The van der Waals surface area contributed by atoms with Crippen LogP contribution in [0.4, 0.5) is 0 Å². The minimum absolute atomic E-state index is 0.133. The molecule has 0 radical (unpaired) electrons. The van der Waals surface area contributed by atoms with Crippen LogP contribution in [0.1, 0.15) is 130 Å². The molecule has 2 heteroatoms. The van der Waals surface area contributed by atoms with Gasteiger partial charge in [-0.2, -0.15) is 0 Å². The van der Waals surface area contributed by atoms with Gasteiger partial charge in [-0.3, -0.25) is 0 Å². The molecule has 0 saturated heterocycles. The van der Waals surface area contributed by atoms with Crippen molar-refractivity contribution in [3.8, 4) is 0 Å². The van der Waals surface area contributed by atoms with Gasteiger partial charge in [0.2, 0.25) is 0 Å². The van der Waals surface area contributed by atoms with Crippen LogP contribution in [0, 0.1) is 0 Å². The van der Waals surface area contributed by atoms with Gasteiger partial charge in [-0.1, -0.05) is 111 Å². The molecule has 25 heavy (non-hydrogen) atoms. The maximum absolute atomic E-state index is 6.35. The van der Waals surface area contributed by atoms with E-state index in [1.807, 2.05) is 0 Å². The average molecular weight is 373 g/mol. The highest BCUT2D eigenvalue weighted by molar-refractivity contribution is 7.52. The molecule has 0 spiro atoms. The second-order valence-corrected chi connectivity index (χ2v) is 9.83. The monoisotopic (exact) mass is 372 g/mol. The summed E-state index contributed by atoms with van der Waals surface area (Å²) in [5, 5.41) is 0. The van der Waals surface area contributed by atoms with Gasteiger partial charge in [0.05, 0.1) is 6.61 Å². The van der Waals surface area contributed by atoms with E-state index in [-0.39, 0.29) is 8.15 Å². The van der Waals surface area contributed by atoms with E-state index in [9.17, 15) is 0 Å².